The van der Waals surface area contributed by atoms with Crippen LogP contribution in [0.4, 0.5) is 0 Å². The minimum atomic E-state index is -3.80. The first-order valence-electron chi connectivity index (χ1n) is 14.9. The van der Waals surface area contributed by atoms with Crippen molar-refractivity contribution < 1.29 is 39.1 Å². The van der Waals surface area contributed by atoms with Gasteiger partial charge in [0.05, 0.1) is 31.3 Å². The summed E-state index contributed by atoms with van der Waals surface area (Å²) in [5.41, 5.74) is 0. The first kappa shape index (κ1) is 34.2. The van der Waals surface area contributed by atoms with Crippen LogP contribution in [-0.4, -0.2) is 76.0 Å². The molecule has 1 heterocycles. The van der Waals surface area contributed by atoms with Gasteiger partial charge in [-0.2, -0.15) is 16.8 Å². The Morgan fingerprint density at radius 3 is 1.93 bits per heavy atom. The second kappa shape index (κ2) is 14.2. The molecule has 1 aliphatic carbocycles. The maximum atomic E-state index is 12.3. The van der Waals surface area contributed by atoms with Crippen LogP contribution in [0.25, 0.3) is 0 Å². The van der Waals surface area contributed by atoms with Crippen molar-refractivity contribution in [2.24, 2.45) is 11.8 Å². The lowest BCUT2D eigenvalue weighted by Crippen LogP contribution is -2.67. The lowest BCUT2D eigenvalue weighted by Gasteiger charge is -2.44. The molecule has 0 bridgehead atoms. The van der Waals surface area contributed by atoms with Crippen LogP contribution in [0.1, 0.15) is 52.9 Å². The molecule has 0 spiro atoms. The Bertz CT molecular complexity index is 1330. The first-order chi connectivity index (χ1) is 20.2. The molecule has 2 aliphatic rings. The minimum absolute atomic E-state index is 0.102. The molecule has 2 fully saturated rings. The minimum Gasteiger partial charge on any atom is -0.407 e. The van der Waals surface area contributed by atoms with Crippen LogP contribution in [0.2, 0.25) is 5.04 Å². The van der Waals surface area contributed by atoms with Crippen molar-refractivity contribution in [3.63, 3.8) is 0 Å². The molecule has 1 saturated carbocycles. The van der Waals surface area contributed by atoms with Gasteiger partial charge < -0.3 is 13.9 Å². The van der Waals surface area contributed by atoms with E-state index in [0.29, 0.717) is 13.0 Å². The van der Waals surface area contributed by atoms with Crippen molar-refractivity contribution in [2.45, 2.75) is 76.4 Å². The number of hydrogen-bond donors (Lipinski definition) is 0. The Kier molecular flexibility index (Phi) is 11.3. The van der Waals surface area contributed by atoms with Gasteiger partial charge in [0, 0.05) is 25.6 Å². The van der Waals surface area contributed by atoms with E-state index in [1.54, 1.807) is 0 Å². The van der Waals surface area contributed by atoms with Crippen molar-refractivity contribution in [2.75, 3.05) is 32.3 Å². The van der Waals surface area contributed by atoms with Crippen LogP contribution in [0.15, 0.2) is 60.7 Å². The predicted octanol–water partition coefficient (Wildman–Crippen LogP) is 3.82. The molecular formula is C31H46O9S2Si. The zero-order chi connectivity index (χ0) is 31.3. The van der Waals surface area contributed by atoms with Gasteiger partial charge in [0.1, 0.15) is 0 Å². The van der Waals surface area contributed by atoms with E-state index in [1.807, 2.05) is 36.4 Å². The summed E-state index contributed by atoms with van der Waals surface area (Å²) >= 11 is 0. The maximum absolute atomic E-state index is 12.3. The molecule has 43 heavy (non-hydrogen) atoms. The smallest absolute Gasteiger partial charge is 0.264 e. The molecule has 240 valence electrons. The molecule has 2 aromatic rings. The van der Waals surface area contributed by atoms with Crippen LogP contribution >= 0.6 is 0 Å². The van der Waals surface area contributed by atoms with E-state index in [-0.39, 0.29) is 30.6 Å². The fourth-order valence-electron chi connectivity index (χ4n) is 6.58. The molecule has 1 aliphatic heterocycles. The Morgan fingerprint density at radius 1 is 0.837 bits per heavy atom. The van der Waals surface area contributed by atoms with Gasteiger partial charge in [0.2, 0.25) is 0 Å². The van der Waals surface area contributed by atoms with Gasteiger partial charge in [-0.05, 0) is 47.0 Å². The maximum Gasteiger partial charge on any atom is 0.264 e. The van der Waals surface area contributed by atoms with Crippen molar-refractivity contribution in [1.82, 2.24) is 0 Å². The number of benzene rings is 2. The van der Waals surface area contributed by atoms with Crippen LogP contribution in [-0.2, 0) is 42.5 Å². The van der Waals surface area contributed by atoms with Gasteiger partial charge in [-0.1, -0.05) is 81.4 Å². The highest BCUT2D eigenvalue weighted by Gasteiger charge is 2.53. The molecule has 5 atom stereocenters. The van der Waals surface area contributed by atoms with E-state index in [9.17, 15) is 16.8 Å². The molecule has 1 saturated heterocycles. The summed E-state index contributed by atoms with van der Waals surface area (Å²) in [6.07, 6.45) is 3.75. The number of hydrogen-bond acceptors (Lipinski definition) is 9. The van der Waals surface area contributed by atoms with Crippen LogP contribution < -0.4 is 10.4 Å². The largest absolute Gasteiger partial charge is 0.407 e. The Labute approximate surface area is 258 Å². The third-order valence-corrected chi connectivity index (χ3v) is 14.6. The molecule has 4 rings (SSSR count). The molecule has 2 aromatic carbocycles. The van der Waals surface area contributed by atoms with Gasteiger partial charge >= 0.3 is 0 Å². The van der Waals surface area contributed by atoms with Gasteiger partial charge in [0.25, 0.3) is 28.6 Å². The number of rotatable bonds is 13. The van der Waals surface area contributed by atoms with Crippen molar-refractivity contribution in [3.8, 4) is 0 Å². The molecule has 9 nitrogen and oxygen atoms in total. The highest BCUT2D eigenvalue weighted by Crippen LogP contribution is 2.43. The summed E-state index contributed by atoms with van der Waals surface area (Å²) < 4.78 is 78.7. The summed E-state index contributed by atoms with van der Waals surface area (Å²) in [6, 6.07) is 20.6. The average molecular weight is 655 g/mol. The quantitative estimate of drug-likeness (QED) is 0.235. The van der Waals surface area contributed by atoms with E-state index in [1.165, 1.54) is 0 Å². The summed E-state index contributed by atoms with van der Waals surface area (Å²) in [6.45, 7) is 7.36. The van der Waals surface area contributed by atoms with E-state index in [4.69, 9.17) is 22.3 Å². The second-order valence-corrected chi connectivity index (χ2v) is 20.2. The van der Waals surface area contributed by atoms with Gasteiger partial charge in [-0.15, -0.1) is 0 Å². The van der Waals surface area contributed by atoms with Crippen LogP contribution in [0.5, 0.6) is 0 Å². The molecular weight excluding hydrogens is 609 g/mol. The third-order valence-electron chi connectivity index (χ3n) is 8.39. The Hall–Kier alpha value is -1.64. The highest BCUT2D eigenvalue weighted by atomic mass is 32.2. The fraction of sp³-hybridized carbons (Fsp3) is 0.613. The molecule has 0 aromatic heterocycles. The first-order valence-corrected chi connectivity index (χ1v) is 20.5. The lowest BCUT2D eigenvalue weighted by molar-refractivity contribution is -0.197. The third kappa shape index (κ3) is 8.97. The van der Waals surface area contributed by atoms with E-state index < -0.39 is 53.0 Å². The topological polar surface area (TPSA) is 114 Å². The Balaban J connectivity index is 1.74. The predicted molar refractivity (Wildman–Crippen MR) is 169 cm³/mol. The van der Waals surface area contributed by atoms with Gasteiger partial charge in [-0.25, -0.2) is 0 Å². The standard InChI is InChI=1S/C31H46O9S2Si/c1-31(2,3)43(24-14-8-6-9-15-24,25-16-10-7-11-17-25)38-23-27-26(19-21-37-41(4,32)33)29(40-42(5,34)35)22-28(27)39-30-18-12-13-20-36-30/h6-11,14-17,26-30H,12-13,18-23H2,1-5H3/t26-,27-,28-,29-,30?/m1/s1. The number of ether oxygens (including phenoxy) is 2. The second-order valence-electron chi connectivity index (χ2n) is 12.7. The van der Waals surface area contributed by atoms with Crippen molar-refractivity contribution in [1.29, 1.82) is 0 Å². The van der Waals surface area contributed by atoms with Crippen LogP contribution in [0.3, 0.4) is 0 Å². The van der Waals surface area contributed by atoms with Gasteiger partial charge in [-0.3, -0.25) is 8.37 Å². The summed E-state index contributed by atoms with van der Waals surface area (Å²) in [5.74, 6) is -0.703. The molecule has 0 amide bonds. The SMILES string of the molecule is CC(C)(C)[Si](OC[C@@H]1[C@@H](CCOS(C)(=O)=O)[C@H](OS(C)(=O)=O)C[C@H]1OC1CCCCO1)(c1ccccc1)c1ccccc1. The monoisotopic (exact) mass is 654 g/mol. The Morgan fingerprint density at radius 2 is 1.44 bits per heavy atom. The molecule has 0 radical (unpaired) electrons. The fourth-order valence-corrected chi connectivity index (χ4v) is 12.3. The normalized spacial score (nSPS) is 25.6. The summed E-state index contributed by atoms with van der Waals surface area (Å²) in [7, 11) is -10.4. The zero-order valence-electron chi connectivity index (χ0n) is 25.8. The lowest BCUT2D eigenvalue weighted by atomic mass is 9.91. The summed E-state index contributed by atoms with van der Waals surface area (Å²) in [5, 5.41) is 1.98. The molecule has 12 heteroatoms. The zero-order valence-corrected chi connectivity index (χ0v) is 28.4. The average Bonchev–Trinajstić information content (AvgIpc) is 3.23. The van der Waals surface area contributed by atoms with E-state index >= 15 is 0 Å². The van der Waals surface area contributed by atoms with Crippen molar-refractivity contribution in [3.05, 3.63) is 60.7 Å². The van der Waals surface area contributed by atoms with Crippen molar-refractivity contribution >= 4 is 38.9 Å². The van der Waals surface area contributed by atoms with Gasteiger partial charge in [0.15, 0.2) is 6.29 Å². The summed E-state index contributed by atoms with van der Waals surface area (Å²) in [4.78, 5) is 0. The molecule has 1 unspecified atom stereocenters. The van der Waals surface area contributed by atoms with E-state index in [2.05, 4.69) is 45.0 Å². The van der Waals surface area contributed by atoms with Crippen LogP contribution in [0, 0.1) is 11.8 Å². The van der Waals surface area contributed by atoms with E-state index in [0.717, 1.165) is 42.1 Å². The highest BCUT2D eigenvalue weighted by molar-refractivity contribution is 7.86. The molecule has 0 N–H and O–H groups in total.